The zero-order chi connectivity index (χ0) is 18.8. The Morgan fingerprint density at radius 3 is 3.04 bits per heavy atom. The van der Waals surface area contributed by atoms with Crippen LogP contribution in [0.2, 0.25) is 0 Å². The zero-order valence-electron chi connectivity index (χ0n) is 14.9. The molecule has 2 aromatic carbocycles. The Morgan fingerprint density at radius 2 is 2.30 bits per heavy atom. The molecule has 7 heteroatoms. The molecule has 0 bridgehead atoms. The number of aromatic nitrogens is 2. The van der Waals surface area contributed by atoms with Crippen LogP contribution in [0.1, 0.15) is 23.2 Å². The maximum atomic E-state index is 13.6. The molecular formula is C20H20FN3O3. The summed E-state index contributed by atoms with van der Waals surface area (Å²) in [6.45, 7) is 1.22. The fraction of sp³-hybridized carbons (Fsp3) is 0.300. The van der Waals surface area contributed by atoms with Crippen LogP contribution in [0.3, 0.4) is 0 Å². The molecule has 0 saturated carbocycles. The van der Waals surface area contributed by atoms with Crippen molar-refractivity contribution in [2.45, 2.75) is 18.9 Å². The Hall–Kier alpha value is -2.93. The average molecular weight is 369 g/mol. The van der Waals surface area contributed by atoms with Crippen LogP contribution in [0, 0.1) is 5.82 Å². The van der Waals surface area contributed by atoms with Crippen molar-refractivity contribution in [3.8, 4) is 17.0 Å². The van der Waals surface area contributed by atoms with E-state index in [-0.39, 0.29) is 17.8 Å². The quantitative estimate of drug-likeness (QED) is 0.724. The minimum atomic E-state index is -0.346. The van der Waals surface area contributed by atoms with Gasteiger partial charge in [0.15, 0.2) is 0 Å². The second-order valence-corrected chi connectivity index (χ2v) is 6.53. The number of aromatic amines is 1. The summed E-state index contributed by atoms with van der Waals surface area (Å²) in [7, 11) is 1.53. The summed E-state index contributed by atoms with van der Waals surface area (Å²) in [5.41, 5.74) is 2.31. The number of carbonyl (C=O) groups is 1. The van der Waals surface area contributed by atoms with Crippen molar-refractivity contribution in [3.63, 3.8) is 0 Å². The first kappa shape index (κ1) is 17.5. The van der Waals surface area contributed by atoms with Crippen molar-refractivity contribution in [1.82, 2.24) is 15.5 Å². The van der Waals surface area contributed by atoms with Gasteiger partial charge in [0.25, 0.3) is 5.91 Å². The van der Waals surface area contributed by atoms with Gasteiger partial charge in [0, 0.05) is 29.7 Å². The van der Waals surface area contributed by atoms with E-state index in [9.17, 15) is 9.18 Å². The molecule has 1 aromatic heterocycles. The van der Waals surface area contributed by atoms with Crippen molar-refractivity contribution in [2.24, 2.45) is 0 Å². The normalized spacial score (nSPS) is 16.6. The average Bonchev–Trinajstić information content (AvgIpc) is 3.34. The molecule has 1 fully saturated rings. The van der Waals surface area contributed by atoms with Gasteiger partial charge in [-0.3, -0.25) is 9.89 Å². The lowest BCUT2D eigenvalue weighted by atomic mass is 10.0. The number of halogens is 1. The summed E-state index contributed by atoms with van der Waals surface area (Å²) >= 11 is 0. The third-order valence-electron chi connectivity index (χ3n) is 4.73. The summed E-state index contributed by atoms with van der Waals surface area (Å²) in [6.07, 6.45) is 2.04. The molecule has 4 rings (SSSR count). The number of carbonyl (C=O) groups excluding carboxylic acids is 1. The van der Waals surface area contributed by atoms with Crippen LogP contribution >= 0.6 is 0 Å². The van der Waals surface area contributed by atoms with Gasteiger partial charge in [-0.25, -0.2) is 4.39 Å². The Bertz CT molecular complexity index is 980. The Kier molecular flexibility index (Phi) is 4.77. The van der Waals surface area contributed by atoms with Gasteiger partial charge < -0.3 is 14.8 Å². The highest BCUT2D eigenvalue weighted by Gasteiger charge is 2.19. The second-order valence-electron chi connectivity index (χ2n) is 6.53. The highest BCUT2D eigenvalue weighted by molar-refractivity contribution is 6.03. The lowest BCUT2D eigenvalue weighted by molar-refractivity contribution is 0.0857. The summed E-state index contributed by atoms with van der Waals surface area (Å²) in [5.74, 6) is -0.0527. The van der Waals surface area contributed by atoms with Gasteiger partial charge in [-0.2, -0.15) is 5.10 Å². The molecule has 1 aliphatic rings. The number of benzene rings is 2. The number of amides is 1. The first-order valence-electron chi connectivity index (χ1n) is 8.87. The van der Waals surface area contributed by atoms with Crippen LogP contribution < -0.4 is 10.1 Å². The molecule has 6 nitrogen and oxygen atoms in total. The largest absolute Gasteiger partial charge is 0.494 e. The molecule has 2 heterocycles. The lowest BCUT2D eigenvalue weighted by Crippen LogP contribution is -2.31. The van der Waals surface area contributed by atoms with Crippen LogP contribution in [0.15, 0.2) is 36.4 Å². The second kappa shape index (κ2) is 7.36. The first-order valence-corrected chi connectivity index (χ1v) is 8.87. The smallest absolute Gasteiger partial charge is 0.251 e. The molecule has 0 radical (unpaired) electrons. The van der Waals surface area contributed by atoms with Crippen molar-refractivity contribution in [3.05, 3.63) is 47.8 Å². The molecule has 0 spiro atoms. The molecule has 3 aromatic rings. The van der Waals surface area contributed by atoms with E-state index >= 15 is 0 Å². The molecule has 0 unspecified atom stereocenters. The number of fused-ring (bicyclic) bond motifs is 1. The van der Waals surface area contributed by atoms with E-state index in [4.69, 9.17) is 9.47 Å². The highest BCUT2D eigenvalue weighted by atomic mass is 19.1. The Morgan fingerprint density at radius 1 is 1.41 bits per heavy atom. The minimum Gasteiger partial charge on any atom is -0.494 e. The molecule has 1 aliphatic heterocycles. The van der Waals surface area contributed by atoms with Crippen LogP contribution in [0.25, 0.3) is 22.2 Å². The number of methoxy groups -OCH3 is 1. The van der Waals surface area contributed by atoms with E-state index in [1.807, 2.05) is 0 Å². The predicted octanol–water partition coefficient (Wildman–Crippen LogP) is 3.29. The number of ether oxygens (including phenoxy) is 2. The first-order chi connectivity index (χ1) is 13.2. The van der Waals surface area contributed by atoms with Gasteiger partial charge in [0.05, 0.1) is 13.2 Å². The Balaban J connectivity index is 1.69. The third kappa shape index (κ3) is 3.50. The highest BCUT2D eigenvalue weighted by Crippen LogP contribution is 2.33. The molecule has 1 amide bonds. The predicted molar refractivity (Wildman–Crippen MR) is 99.3 cm³/mol. The number of hydrogen-bond donors (Lipinski definition) is 2. The molecule has 0 aliphatic carbocycles. The molecule has 1 atom stereocenters. The van der Waals surface area contributed by atoms with Crippen molar-refractivity contribution in [1.29, 1.82) is 0 Å². The van der Waals surface area contributed by atoms with E-state index in [1.165, 1.54) is 19.2 Å². The molecule has 27 heavy (non-hydrogen) atoms. The van der Waals surface area contributed by atoms with E-state index in [0.717, 1.165) is 19.4 Å². The zero-order valence-corrected chi connectivity index (χ0v) is 14.9. The van der Waals surface area contributed by atoms with Gasteiger partial charge in [0.1, 0.15) is 22.8 Å². The molecule has 140 valence electrons. The van der Waals surface area contributed by atoms with Gasteiger partial charge in [-0.15, -0.1) is 0 Å². The van der Waals surface area contributed by atoms with Gasteiger partial charge in [0.2, 0.25) is 0 Å². The van der Waals surface area contributed by atoms with Crippen LogP contribution in [0.5, 0.6) is 5.75 Å². The van der Waals surface area contributed by atoms with Gasteiger partial charge in [-0.05, 0) is 37.1 Å². The minimum absolute atomic E-state index is 0.0661. The Labute approximate surface area is 155 Å². The number of hydrogen-bond acceptors (Lipinski definition) is 4. The van der Waals surface area contributed by atoms with E-state index in [2.05, 4.69) is 15.5 Å². The summed E-state index contributed by atoms with van der Waals surface area (Å²) < 4.78 is 24.6. The van der Waals surface area contributed by atoms with Crippen LogP contribution in [-0.4, -0.2) is 42.5 Å². The van der Waals surface area contributed by atoms with Gasteiger partial charge >= 0.3 is 0 Å². The maximum Gasteiger partial charge on any atom is 0.251 e. The fourth-order valence-corrected chi connectivity index (χ4v) is 3.35. The molecule has 2 N–H and O–H groups in total. The number of nitrogens with one attached hydrogen (secondary N) is 2. The van der Waals surface area contributed by atoms with Crippen LogP contribution in [0.4, 0.5) is 4.39 Å². The number of H-pyrrole nitrogens is 1. The summed E-state index contributed by atoms with van der Waals surface area (Å²) in [4.78, 5) is 12.6. The number of rotatable bonds is 5. The fourth-order valence-electron chi connectivity index (χ4n) is 3.35. The SMILES string of the molecule is COc1cc(C(=O)NC[C@@H]2CCCO2)cc2c(-c3cccc(F)c3)n[nH]c12. The molecule has 1 saturated heterocycles. The maximum absolute atomic E-state index is 13.6. The van der Waals surface area contributed by atoms with E-state index < -0.39 is 0 Å². The van der Waals surface area contributed by atoms with Crippen molar-refractivity contribution < 1.29 is 18.7 Å². The third-order valence-corrected chi connectivity index (χ3v) is 4.73. The van der Waals surface area contributed by atoms with E-state index in [0.29, 0.717) is 40.0 Å². The van der Waals surface area contributed by atoms with Crippen molar-refractivity contribution >= 4 is 16.8 Å². The number of nitrogens with zero attached hydrogens (tertiary/aromatic N) is 1. The molecular weight excluding hydrogens is 349 g/mol. The lowest BCUT2D eigenvalue weighted by Gasteiger charge is -2.12. The van der Waals surface area contributed by atoms with E-state index in [1.54, 1.807) is 24.3 Å². The van der Waals surface area contributed by atoms with Gasteiger partial charge in [-0.1, -0.05) is 12.1 Å². The summed E-state index contributed by atoms with van der Waals surface area (Å²) in [5, 5.41) is 10.8. The van der Waals surface area contributed by atoms with Crippen LogP contribution in [-0.2, 0) is 4.74 Å². The van der Waals surface area contributed by atoms with Crippen molar-refractivity contribution in [2.75, 3.05) is 20.3 Å². The monoisotopic (exact) mass is 369 g/mol. The summed E-state index contributed by atoms with van der Waals surface area (Å²) in [6, 6.07) is 9.60. The standard InChI is InChI=1S/C20H20FN3O3/c1-26-17-10-13(20(25)22-11-15-6-3-7-27-15)9-16-18(23-24-19(16)17)12-4-2-5-14(21)8-12/h2,4-5,8-10,15H,3,6-7,11H2,1H3,(H,22,25)(H,23,24)/t15-/m0/s1. The topological polar surface area (TPSA) is 76.2 Å².